The van der Waals surface area contributed by atoms with Crippen LogP contribution in [-0.4, -0.2) is 37.8 Å². The molecule has 0 unspecified atom stereocenters. The number of ether oxygens (including phenoxy) is 1. The second-order valence-electron chi connectivity index (χ2n) is 7.94. The van der Waals surface area contributed by atoms with Crippen molar-refractivity contribution in [2.45, 2.75) is 43.7 Å². The Morgan fingerprint density at radius 2 is 1.90 bits per heavy atom. The third-order valence-corrected chi connectivity index (χ3v) is 6.92. The van der Waals surface area contributed by atoms with Crippen LogP contribution < -0.4 is 10.1 Å². The molecule has 156 valence electrons. The number of fused-ring (bicyclic) bond motifs is 1. The summed E-state index contributed by atoms with van der Waals surface area (Å²) in [7, 11) is -2.41. The first-order valence-electron chi connectivity index (χ1n) is 9.29. The van der Waals surface area contributed by atoms with Crippen LogP contribution >= 0.6 is 11.6 Å². The average molecular weight is 437 g/mol. The number of aryl methyl sites for hydroxylation is 1. The smallest absolute Gasteiger partial charge is 0.243 e. The third-order valence-electron chi connectivity index (χ3n) is 4.85. The van der Waals surface area contributed by atoms with E-state index in [0.29, 0.717) is 11.4 Å². The maximum atomic E-state index is 12.7. The third kappa shape index (κ3) is 4.91. The number of nitrogens with zero attached hydrogens (tertiary/aromatic N) is 1. The number of benzene rings is 2. The van der Waals surface area contributed by atoms with E-state index < -0.39 is 15.6 Å². The fourth-order valence-corrected chi connectivity index (χ4v) is 4.67. The number of sulfonamides is 1. The zero-order valence-corrected chi connectivity index (χ0v) is 18.5. The Bertz CT molecular complexity index is 1020. The summed E-state index contributed by atoms with van der Waals surface area (Å²) in [6.45, 7) is 5.62. The molecule has 6 nitrogen and oxygen atoms in total. The van der Waals surface area contributed by atoms with Gasteiger partial charge in [0.2, 0.25) is 15.9 Å². The molecule has 1 amide bonds. The molecule has 0 aromatic heterocycles. The Labute approximate surface area is 176 Å². The first-order valence-corrected chi connectivity index (χ1v) is 11.1. The van der Waals surface area contributed by atoms with Crippen molar-refractivity contribution in [1.82, 2.24) is 9.62 Å². The topological polar surface area (TPSA) is 75.7 Å². The second-order valence-corrected chi connectivity index (χ2v) is 10.4. The molecule has 3 rings (SSSR count). The highest BCUT2D eigenvalue weighted by Gasteiger charge is 2.35. The van der Waals surface area contributed by atoms with Crippen molar-refractivity contribution < 1.29 is 17.9 Å². The predicted molar refractivity (Wildman–Crippen MR) is 113 cm³/mol. The number of hydrogen-bond donors (Lipinski definition) is 1. The van der Waals surface area contributed by atoms with E-state index in [1.807, 2.05) is 39.0 Å². The molecule has 1 heterocycles. The van der Waals surface area contributed by atoms with E-state index in [1.54, 1.807) is 0 Å². The van der Waals surface area contributed by atoms with Gasteiger partial charge in [0.25, 0.3) is 0 Å². The Hall–Kier alpha value is -2.09. The highest BCUT2D eigenvalue weighted by molar-refractivity contribution is 7.89. The number of halogens is 1. The fraction of sp³-hybridized carbons (Fsp3) is 0.381. The molecule has 0 fully saturated rings. The van der Waals surface area contributed by atoms with E-state index in [0.717, 1.165) is 21.2 Å². The molecule has 2 aromatic rings. The van der Waals surface area contributed by atoms with E-state index in [1.165, 1.54) is 31.3 Å². The zero-order valence-electron chi connectivity index (χ0n) is 16.9. The van der Waals surface area contributed by atoms with Gasteiger partial charge in [-0.05, 0) is 51.1 Å². The normalized spacial score (nSPS) is 18.1. The van der Waals surface area contributed by atoms with Gasteiger partial charge in [-0.2, -0.15) is 4.31 Å². The molecule has 0 aliphatic carbocycles. The first kappa shape index (κ1) is 21.6. The number of amides is 1. The molecule has 1 N–H and O–H groups in total. The molecule has 0 bridgehead atoms. The summed E-state index contributed by atoms with van der Waals surface area (Å²) in [4.78, 5) is 12.8. The van der Waals surface area contributed by atoms with Gasteiger partial charge in [-0.25, -0.2) is 8.42 Å². The number of rotatable bonds is 5. The fourth-order valence-electron chi connectivity index (χ4n) is 3.42. The number of carbonyl (C=O) groups is 1. The van der Waals surface area contributed by atoms with Crippen LogP contribution in [0.3, 0.4) is 0 Å². The summed E-state index contributed by atoms with van der Waals surface area (Å²) in [6.07, 6.45) is 0.586. The first-order chi connectivity index (χ1) is 13.5. The van der Waals surface area contributed by atoms with Gasteiger partial charge in [0.15, 0.2) is 0 Å². The Balaban J connectivity index is 1.75. The van der Waals surface area contributed by atoms with Crippen molar-refractivity contribution in [3.05, 3.63) is 58.6 Å². The maximum Gasteiger partial charge on any atom is 0.243 e. The molecule has 1 aliphatic heterocycles. The number of carbonyl (C=O) groups excluding carboxylic acids is 1. The van der Waals surface area contributed by atoms with Crippen LogP contribution in [-0.2, 0) is 14.8 Å². The second kappa shape index (κ2) is 7.97. The van der Waals surface area contributed by atoms with Gasteiger partial charge in [0.1, 0.15) is 11.4 Å². The van der Waals surface area contributed by atoms with Crippen LogP contribution in [0.2, 0.25) is 5.02 Å². The Kier molecular flexibility index (Phi) is 5.94. The molecule has 0 saturated heterocycles. The average Bonchev–Trinajstić information content (AvgIpc) is 2.62. The van der Waals surface area contributed by atoms with Crippen LogP contribution in [0.1, 0.15) is 37.4 Å². The summed E-state index contributed by atoms with van der Waals surface area (Å²) >= 11 is 5.83. The van der Waals surface area contributed by atoms with Crippen molar-refractivity contribution >= 4 is 27.5 Å². The summed E-state index contributed by atoms with van der Waals surface area (Å²) < 4.78 is 32.5. The van der Waals surface area contributed by atoms with E-state index in [4.69, 9.17) is 16.3 Å². The molecule has 0 radical (unpaired) electrons. The lowest BCUT2D eigenvalue weighted by molar-refractivity contribution is -0.122. The van der Waals surface area contributed by atoms with Crippen LogP contribution in [0.4, 0.5) is 0 Å². The standard InChI is InChI=1S/C21H25ClN2O4S/c1-14-5-10-19-17(11-14)18(12-21(2,3)28-19)23-20(25)13-24(4)29(26,27)16-8-6-15(22)7-9-16/h5-11,18H,12-13H2,1-4H3,(H,23,25)/t18-/m1/s1. The van der Waals surface area contributed by atoms with Gasteiger partial charge in [-0.15, -0.1) is 0 Å². The molecule has 2 aromatic carbocycles. The maximum absolute atomic E-state index is 12.7. The summed E-state index contributed by atoms with van der Waals surface area (Å²) in [6, 6.07) is 11.5. The van der Waals surface area contributed by atoms with Crippen LogP contribution in [0.15, 0.2) is 47.4 Å². The van der Waals surface area contributed by atoms with Crippen LogP contribution in [0.5, 0.6) is 5.75 Å². The molecule has 1 atom stereocenters. The van der Waals surface area contributed by atoms with Gasteiger partial charge in [0.05, 0.1) is 17.5 Å². The molecule has 0 saturated carbocycles. The van der Waals surface area contributed by atoms with Crippen LogP contribution in [0.25, 0.3) is 0 Å². The lowest BCUT2D eigenvalue weighted by atomic mass is 9.89. The van der Waals surface area contributed by atoms with Crippen molar-refractivity contribution in [2.24, 2.45) is 0 Å². The SMILES string of the molecule is Cc1ccc2c(c1)[C@H](NC(=O)CN(C)S(=O)(=O)c1ccc(Cl)cc1)CC(C)(C)O2. The van der Waals surface area contributed by atoms with Crippen molar-refractivity contribution in [1.29, 1.82) is 0 Å². The summed E-state index contributed by atoms with van der Waals surface area (Å²) in [5.74, 6) is 0.361. The highest BCUT2D eigenvalue weighted by atomic mass is 35.5. The number of hydrogen-bond acceptors (Lipinski definition) is 4. The molecule has 1 aliphatic rings. The Morgan fingerprint density at radius 1 is 1.24 bits per heavy atom. The number of likely N-dealkylation sites (N-methyl/N-ethyl adjacent to an activating group) is 1. The summed E-state index contributed by atoms with van der Waals surface area (Å²) in [5, 5.41) is 3.42. The quantitative estimate of drug-likeness (QED) is 0.775. The van der Waals surface area contributed by atoms with E-state index in [9.17, 15) is 13.2 Å². The zero-order chi connectivity index (χ0) is 21.4. The minimum atomic E-state index is -3.79. The van der Waals surface area contributed by atoms with E-state index in [2.05, 4.69) is 5.32 Å². The van der Waals surface area contributed by atoms with E-state index in [-0.39, 0.29) is 23.4 Å². The van der Waals surface area contributed by atoms with Crippen LogP contribution in [0, 0.1) is 6.92 Å². The molecule has 29 heavy (non-hydrogen) atoms. The molecule has 0 spiro atoms. The lowest BCUT2D eigenvalue weighted by Crippen LogP contribution is -2.44. The molecular formula is C21H25ClN2O4S. The van der Waals surface area contributed by atoms with Gasteiger partial charge in [-0.1, -0.05) is 29.3 Å². The largest absolute Gasteiger partial charge is 0.487 e. The van der Waals surface area contributed by atoms with Gasteiger partial charge < -0.3 is 10.1 Å². The highest BCUT2D eigenvalue weighted by Crippen LogP contribution is 2.39. The number of nitrogens with one attached hydrogen (secondary N) is 1. The van der Waals surface area contributed by atoms with E-state index >= 15 is 0 Å². The van der Waals surface area contributed by atoms with Crippen molar-refractivity contribution in [3.63, 3.8) is 0 Å². The van der Waals surface area contributed by atoms with Gasteiger partial charge >= 0.3 is 0 Å². The molecular weight excluding hydrogens is 412 g/mol. The molecule has 8 heteroatoms. The predicted octanol–water partition coefficient (Wildman–Crippen LogP) is 3.69. The van der Waals surface area contributed by atoms with Crippen molar-refractivity contribution in [3.8, 4) is 5.75 Å². The monoisotopic (exact) mass is 436 g/mol. The summed E-state index contributed by atoms with van der Waals surface area (Å²) in [5.41, 5.74) is 1.52. The van der Waals surface area contributed by atoms with Gasteiger partial charge in [0, 0.05) is 24.1 Å². The lowest BCUT2D eigenvalue weighted by Gasteiger charge is -2.38. The minimum Gasteiger partial charge on any atom is -0.487 e. The minimum absolute atomic E-state index is 0.0883. The van der Waals surface area contributed by atoms with Gasteiger partial charge in [-0.3, -0.25) is 4.79 Å². The Morgan fingerprint density at radius 3 is 2.55 bits per heavy atom. The van der Waals surface area contributed by atoms with Crippen molar-refractivity contribution in [2.75, 3.05) is 13.6 Å².